The molecule has 1 heterocycles. The van der Waals surface area contributed by atoms with Crippen molar-refractivity contribution in [2.45, 2.75) is 18.7 Å². The summed E-state index contributed by atoms with van der Waals surface area (Å²) in [6, 6.07) is 5.70. The van der Waals surface area contributed by atoms with Crippen LogP contribution in [0.4, 0.5) is 0 Å². The Morgan fingerprint density at radius 2 is 1.95 bits per heavy atom. The second kappa shape index (κ2) is 8.29. The molecule has 0 N–H and O–H groups in total. The first kappa shape index (κ1) is 17.0. The standard InChI is InChI=1S/C16H23NO4S/c1-4-21-10-6-9-17-14(18)11-22-16(17)15-12(19-2)7-5-8-13(15)20-3/h5,7-8,16H,4,6,9-11H2,1-3H3. The van der Waals surface area contributed by atoms with Gasteiger partial charge in [-0.05, 0) is 25.5 Å². The van der Waals surface area contributed by atoms with Gasteiger partial charge in [0, 0.05) is 19.8 Å². The van der Waals surface area contributed by atoms with Crippen LogP contribution in [0.1, 0.15) is 24.3 Å². The molecule has 1 atom stereocenters. The van der Waals surface area contributed by atoms with Gasteiger partial charge in [-0.3, -0.25) is 4.79 Å². The molecule has 1 unspecified atom stereocenters. The molecule has 1 aliphatic rings. The van der Waals surface area contributed by atoms with E-state index in [0.29, 0.717) is 25.5 Å². The number of rotatable bonds is 8. The highest BCUT2D eigenvalue weighted by atomic mass is 32.2. The second-order valence-corrected chi connectivity index (χ2v) is 5.95. The first-order chi connectivity index (χ1) is 10.7. The molecule has 6 heteroatoms. The summed E-state index contributed by atoms with van der Waals surface area (Å²) in [7, 11) is 3.28. The number of thioether (sulfide) groups is 1. The molecule has 0 radical (unpaired) electrons. The molecular weight excluding hydrogens is 302 g/mol. The van der Waals surface area contributed by atoms with Gasteiger partial charge in [0.05, 0.1) is 25.5 Å². The maximum absolute atomic E-state index is 12.2. The lowest BCUT2D eigenvalue weighted by atomic mass is 10.1. The molecule has 2 rings (SSSR count). The normalized spacial score (nSPS) is 17.9. The summed E-state index contributed by atoms with van der Waals surface area (Å²) in [5.41, 5.74) is 0.930. The highest BCUT2D eigenvalue weighted by molar-refractivity contribution is 8.00. The number of nitrogens with zero attached hydrogens (tertiary/aromatic N) is 1. The van der Waals surface area contributed by atoms with Crippen molar-refractivity contribution in [2.24, 2.45) is 0 Å². The van der Waals surface area contributed by atoms with Crippen LogP contribution in [0, 0.1) is 0 Å². The Morgan fingerprint density at radius 1 is 1.27 bits per heavy atom. The van der Waals surface area contributed by atoms with Gasteiger partial charge in [-0.2, -0.15) is 0 Å². The predicted octanol–water partition coefficient (Wildman–Crippen LogP) is 2.70. The number of carbonyl (C=O) groups is 1. The third kappa shape index (κ3) is 3.67. The minimum atomic E-state index is -0.0692. The molecule has 122 valence electrons. The summed E-state index contributed by atoms with van der Waals surface area (Å²) in [4.78, 5) is 14.1. The van der Waals surface area contributed by atoms with E-state index in [1.165, 1.54) is 0 Å². The zero-order valence-corrected chi connectivity index (χ0v) is 14.1. The lowest BCUT2D eigenvalue weighted by Gasteiger charge is -2.26. The summed E-state index contributed by atoms with van der Waals surface area (Å²) in [5.74, 6) is 2.14. The Labute approximate surface area is 135 Å². The van der Waals surface area contributed by atoms with Crippen LogP contribution in [0.15, 0.2) is 18.2 Å². The molecule has 0 spiro atoms. The third-order valence-electron chi connectivity index (χ3n) is 3.57. The molecule has 1 fully saturated rings. The van der Waals surface area contributed by atoms with Crippen molar-refractivity contribution < 1.29 is 19.0 Å². The lowest BCUT2D eigenvalue weighted by Crippen LogP contribution is -2.30. The quantitative estimate of drug-likeness (QED) is 0.688. The molecular formula is C16H23NO4S. The Morgan fingerprint density at radius 3 is 2.55 bits per heavy atom. The Kier molecular flexibility index (Phi) is 6.39. The third-order valence-corrected chi connectivity index (χ3v) is 4.79. The number of hydrogen-bond acceptors (Lipinski definition) is 5. The number of amides is 1. The average Bonchev–Trinajstić information content (AvgIpc) is 2.91. The molecule has 0 bridgehead atoms. The Bertz CT molecular complexity index is 487. The van der Waals surface area contributed by atoms with Crippen LogP contribution < -0.4 is 9.47 Å². The highest BCUT2D eigenvalue weighted by Crippen LogP contribution is 2.46. The van der Waals surface area contributed by atoms with E-state index in [2.05, 4.69) is 0 Å². The molecule has 1 amide bonds. The molecule has 1 aromatic carbocycles. The zero-order chi connectivity index (χ0) is 15.9. The first-order valence-corrected chi connectivity index (χ1v) is 8.47. The molecule has 22 heavy (non-hydrogen) atoms. The largest absolute Gasteiger partial charge is 0.496 e. The SMILES string of the molecule is CCOCCCN1C(=O)CSC1c1c(OC)cccc1OC. The van der Waals surface area contributed by atoms with Gasteiger partial charge in [-0.25, -0.2) is 0 Å². The van der Waals surface area contributed by atoms with E-state index in [1.807, 2.05) is 30.0 Å². The van der Waals surface area contributed by atoms with Crippen LogP contribution in [-0.2, 0) is 9.53 Å². The van der Waals surface area contributed by atoms with E-state index < -0.39 is 0 Å². The van der Waals surface area contributed by atoms with E-state index in [9.17, 15) is 4.79 Å². The van der Waals surface area contributed by atoms with E-state index in [1.54, 1.807) is 26.0 Å². The fourth-order valence-corrected chi connectivity index (χ4v) is 3.81. The van der Waals surface area contributed by atoms with Gasteiger partial charge in [-0.1, -0.05) is 6.07 Å². The number of ether oxygens (including phenoxy) is 3. The molecule has 1 aliphatic heterocycles. The van der Waals surface area contributed by atoms with E-state index in [-0.39, 0.29) is 11.3 Å². The van der Waals surface area contributed by atoms with Gasteiger partial charge < -0.3 is 19.1 Å². The maximum atomic E-state index is 12.2. The van der Waals surface area contributed by atoms with Crippen molar-refractivity contribution in [3.8, 4) is 11.5 Å². The Hall–Kier alpha value is -1.40. The fraction of sp³-hybridized carbons (Fsp3) is 0.562. The predicted molar refractivity (Wildman–Crippen MR) is 87.6 cm³/mol. The number of carbonyl (C=O) groups excluding carboxylic acids is 1. The van der Waals surface area contributed by atoms with Crippen molar-refractivity contribution in [3.63, 3.8) is 0 Å². The van der Waals surface area contributed by atoms with Crippen molar-refractivity contribution in [3.05, 3.63) is 23.8 Å². The Balaban J connectivity index is 2.20. The van der Waals surface area contributed by atoms with Gasteiger partial charge in [0.2, 0.25) is 5.91 Å². The maximum Gasteiger partial charge on any atom is 0.233 e. The molecule has 1 aromatic rings. The van der Waals surface area contributed by atoms with Crippen LogP contribution >= 0.6 is 11.8 Å². The number of hydrogen-bond donors (Lipinski definition) is 0. The van der Waals surface area contributed by atoms with Gasteiger partial charge in [0.15, 0.2) is 0 Å². The lowest BCUT2D eigenvalue weighted by molar-refractivity contribution is -0.128. The van der Waals surface area contributed by atoms with Crippen LogP contribution in [0.5, 0.6) is 11.5 Å². The van der Waals surface area contributed by atoms with Crippen molar-refractivity contribution in [1.29, 1.82) is 0 Å². The fourth-order valence-electron chi connectivity index (χ4n) is 2.54. The summed E-state index contributed by atoms with van der Waals surface area (Å²) in [6.07, 6.45) is 0.827. The van der Waals surface area contributed by atoms with Crippen LogP contribution in [-0.4, -0.2) is 50.5 Å². The number of benzene rings is 1. The highest BCUT2D eigenvalue weighted by Gasteiger charge is 2.36. The van der Waals surface area contributed by atoms with Crippen LogP contribution in [0.3, 0.4) is 0 Å². The van der Waals surface area contributed by atoms with E-state index in [0.717, 1.165) is 23.5 Å². The van der Waals surface area contributed by atoms with E-state index >= 15 is 0 Å². The smallest absolute Gasteiger partial charge is 0.233 e. The monoisotopic (exact) mass is 325 g/mol. The zero-order valence-electron chi connectivity index (χ0n) is 13.3. The minimum Gasteiger partial charge on any atom is -0.496 e. The summed E-state index contributed by atoms with van der Waals surface area (Å²) < 4.78 is 16.3. The average molecular weight is 325 g/mol. The van der Waals surface area contributed by atoms with Crippen LogP contribution in [0.2, 0.25) is 0 Å². The van der Waals surface area contributed by atoms with E-state index in [4.69, 9.17) is 14.2 Å². The van der Waals surface area contributed by atoms with Gasteiger partial charge in [0.25, 0.3) is 0 Å². The summed E-state index contributed by atoms with van der Waals surface area (Å²) in [6.45, 7) is 4.02. The number of methoxy groups -OCH3 is 2. The molecule has 0 saturated carbocycles. The first-order valence-electron chi connectivity index (χ1n) is 7.42. The molecule has 1 saturated heterocycles. The minimum absolute atomic E-state index is 0.0692. The van der Waals surface area contributed by atoms with Gasteiger partial charge in [-0.15, -0.1) is 11.8 Å². The van der Waals surface area contributed by atoms with Crippen molar-refractivity contribution in [1.82, 2.24) is 4.90 Å². The molecule has 0 aliphatic carbocycles. The summed E-state index contributed by atoms with van der Waals surface area (Å²) in [5, 5.41) is -0.0692. The van der Waals surface area contributed by atoms with Crippen LogP contribution in [0.25, 0.3) is 0 Å². The second-order valence-electron chi connectivity index (χ2n) is 4.88. The topological polar surface area (TPSA) is 48.0 Å². The molecule has 0 aromatic heterocycles. The van der Waals surface area contributed by atoms with Crippen molar-refractivity contribution in [2.75, 3.05) is 39.7 Å². The summed E-state index contributed by atoms with van der Waals surface area (Å²) >= 11 is 1.61. The van der Waals surface area contributed by atoms with Crippen molar-refractivity contribution >= 4 is 17.7 Å². The molecule has 5 nitrogen and oxygen atoms in total. The van der Waals surface area contributed by atoms with Gasteiger partial charge >= 0.3 is 0 Å². The van der Waals surface area contributed by atoms with Gasteiger partial charge in [0.1, 0.15) is 16.9 Å².